The molecule has 2 rings (SSSR count). The van der Waals surface area contributed by atoms with E-state index in [1.807, 2.05) is 26.0 Å². The molecule has 0 aliphatic heterocycles. The van der Waals surface area contributed by atoms with Crippen LogP contribution in [0.2, 0.25) is 0 Å². The minimum atomic E-state index is -0.676. The number of hydrogen-bond acceptors (Lipinski definition) is 3. The Bertz CT molecular complexity index is 721. The SMILES string of the molecule is Cc1cc(Br)cc(C)c1NC(=O)COC(=O)c1ccc(F)cc1. The van der Waals surface area contributed by atoms with Crippen LogP contribution in [0.4, 0.5) is 10.1 Å². The summed E-state index contributed by atoms with van der Waals surface area (Å²) in [7, 11) is 0. The lowest BCUT2D eigenvalue weighted by Crippen LogP contribution is -2.21. The summed E-state index contributed by atoms with van der Waals surface area (Å²) in [4.78, 5) is 23.7. The monoisotopic (exact) mass is 379 g/mol. The van der Waals surface area contributed by atoms with Crippen molar-refractivity contribution < 1.29 is 18.7 Å². The summed E-state index contributed by atoms with van der Waals surface area (Å²) < 4.78 is 18.6. The van der Waals surface area contributed by atoms with Gasteiger partial charge in [0.2, 0.25) is 0 Å². The van der Waals surface area contributed by atoms with Crippen molar-refractivity contribution in [2.45, 2.75) is 13.8 Å². The number of aryl methyl sites for hydroxylation is 2. The highest BCUT2D eigenvalue weighted by Crippen LogP contribution is 2.25. The summed E-state index contributed by atoms with van der Waals surface area (Å²) in [5.41, 5.74) is 2.68. The van der Waals surface area contributed by atoms with E-state index in [1.54, 1.807) is 0 Å². The maximum Gasteiger partial charge on any atom is 0.338 e. The van der Waals surface area contributed by atoms with Crippen LogP contribution >= 0.6 is 15.9 Å². The second-order valence-electron chi connectivity index (χ2n) is 5.05. The molecule has 0 saturated carbocycles. The lowest BCUT2D eigenvalue weighted by molar-refractivity contribution is -0.119. The number of ether oxygens (including phenoxy) is 1. The molecule has 0 radical (unpaired) electrons. The molecule has 0 spiro atoms. The van der Waals surface area contributed by atoms with Crippen LogP contribution < -0.4 is 5.32 Å². The third-order valence-electron chi connectivity index (χ3n) is 3.18. The number of nitrogens with one attached hydrogen (secondary N) is 1. The van der Waals surface area contributed by atoms with Gasteiger partial charge in [-0.2, -0.15) is 0 Å². The number of hydrogen-bond donors (Lipinski definition) is 1. The predicted octanol–water partition coefficient (Wildman–Crippen LogP) is 4.00. The maximum atomic E-state index is 12.8. The normalized spacial score (nSPS) is 10.3. The molecule has 2 aromatic rings. The first-order chi connectivity index (χ1) is 10.9. The van der Waals surface area contributed by atoms with Gasteiger partial charge in [0, 0.05) is 10.2 Å². The van der Waals surface area contributed by atoms with Crippen molar-refractivity contribution >= 4 is 33.5 Å². The molecule has 0 bridgehead atoms. The van der Waals surface area contributed by atoms with Crippen molar-refractivity contribution in [1.29, 1.82) is 0 Å². The van der Waals surface area contributed by atoms with Crippen LogP contribution in [-0.4, -0.2) is 18.5 Å². The van der Waals surface area contributed by atoms with Crippen LogP contribution in [0.1, 0.15) is 21.5 Å². The Kier molecular flexibility index (Phi) is 5.50. The van der Waals surface area contributed by atoms with Crippen molar-refractivity contribution in [3.8, 4) is 0 Å². The van der Waals surface area contributed by atoms with E-state index in [4.69, 9.17) is 4.74 Å². The second kappa shape index (κ2) is 7.37. The summed E-state index contributed by atoms with van der Waals surface area (Å²) in [6, 6.07) is 8.69. The van der Waals surface area contributed by atoms with Crippen LogP contribution in [-0.2, 0) is 9.53 Å². The number of carbonyl (C=O) groups excluding carboxylic acids is 2. The van der Waals surface area contributed by atoms with E-state index in [1.165, 1.54) is 12.1 Å². The highest BCUT2D eigenvalue weighted by Gasteiger charge is 2.12. The van der Waals surface area contributed by atoms with Crippen molar-refractivity contribution in [3.63, 3.8) is 0 Å². The van der Waals surface area contributed by atoms with E-state index in [9.17, 15) is 14.0 Å². The smallest absolute Gasteiger partial charge is 0.338 e. The first-order valence-corrected chi connectivity index (χ1v) is 7.65. The molecule has 0 aromatic heterocycles. The van der Waals surface area contributed by atoms with Gasteiger partial charge < -0.3 is 10.1 Å². The van der Waals surface area contributed by atoms with Gasteiger partial charge in [0.1, 0.15) is 5.82 Å². The fourth-order valence-corrected chi connectivity index (χ4v) is 2.77. The molecule has 0 atom stereocenters. The average molecular weight is 380 g/mol. The van der Waals surface area contributed by atoms with Gasteiger partial charge >= 0.3 is 5.97 Å². The molecule has 0 saturated heterocycles. The minimum absolute atomic E-state index is 0.190. The van der Waals surface area contributed by atoms with Gasteiger partial charge in [-0.05, 0) is 61.4 Å². The van der Waals surface area contributed by atoms with Crippen LogP contribution in [0.15, 0.2) is 40.9 Å². The number of amides is 1. The van der Waals surface area contributed by atoms with Crippen LogP contribution in [0.3, 0.4) is 0 Å². The number of rotatable bonds is 4. The second-order valence-corrected chi connectivity index (χ2v) is 5.96. The third kappa shape index (κ3) is 4.63. The first kappa shape index (κ1) is 17.1. The van der Waals surface area contributed by atoms with Gasteiger partial charge in [-0.15, -0.1) is 0 Å². The lowest BCUT2D eigenvalue weighted by atomic mass is 10.1. The van der Waals surface area contributed by atoms with Gasteiger partial charge in [0.15, 0.2) is 6.61 Å². The molecular weight excluding hydrogens is 365 g/mol. The molecular formula is C17H15BrFNO3. The zero-order valence-corrected chi connectivity index (χ0v) is 14.2. The zero-order chi connectivity index (χ0) is 17.0. The zero-order valence-electron chi connectivity index (χ0n) is 12.7. The fourth-order valence-electron chi connectivity index (χ4n) is 2.08. The first-order valence-electron chi connectivity index (χ1n) is 6.86. The number of benzene rings is 2. The Labute approximate surface area is 141 Å². The van der Waals surface area contributed by atoms with Gasteiger partial charge in [-0.25, -0.2) is 9.18 Å². The maximum absolute atomic E-state index is 12.8. The van der Waals surface area contributed by atoms with Crippen molar-refractivity contribution in [2.24, 2.45) is 0 Å². The molecule has 0 unspecified atom stereocenters. The molecule has 0 fully saturated rings. The fraction of sp³-hybridized carbons (Fsp3) is 0.176. The molecule has 0 aliphatic rings. The molecule has 0 aliphatic carbocycles. The van der Waals surface area contributed by atoms with Gasteiger partial charge in [0.25, 0.3) is 5.91 Å². The average Bonchev–Trinajstić information content (AvgIpc) is 2.49. The number of halogens is 2. The standard InChI is InChI=1S/C17H15BrFNO3/c1-10-7-13(18)8-11(2)16(10)20-15(21)9-23-17(22)12-3-5-14(19)6-4-12/h3-8H,9H2,1-2H3,(H,20,21). The van der Waals surface area contributed by atoms with E-state index in [0.717, 1.165) is 27.7 Å². The van der Waals surface area contributed by atoms with Gasteiger partial charge in [-0.3, -0.25) is 4.79 Å². The van der Waals surface area contributed by atoms with Crippen molar-refractivity contribution in [3.05, 3.63) is 63.4 Å². The van der Waals surface area contributed by atoms with Gasteiger partial charge in [0.05, 0.1) is 5.56 Å². The Morgan fingerprint density at radius 1 is 1.13 bits per heavy atom. The molecule has 1 amide bonds. The molecule has 23 heavy (non-hydrogen) atoms. The van der Waals surface area contributed by atoms with Gasteiger partial charge in [-0.1, -0.05) is 15.9 Å². The van der Waals surface area contributed by atoms with Crippen molar-refractivity contribution in [2.75, 3.05) is 11.9 Å². The van der Waals surface area contributed by atoms with E-state index < -0.39 is 24.3 Å². The van der Waals surface area contributed by atoms with Crippen LogP contribution in [0, 0.1) is 19.7 Å². The highest BCUT2D eigenvalue weighted by molar-refractivity contribution is 9.10. The number of esters is 1. The number of anilines is 1. The van der Waals surface area contributed by atoms with E-state index in [0.29, 0.717) is 5.69 Å². The van der Waals surface area contributed by atoms with E-state index >= 15 is 0 Å². The summed E-state index contributed by atoms with van der Waals surface area (Å²) in [6.45, 7) is 3.33. The van der Waals surface area contributed by atoms with E-state index in [2.05, 4.69) is 21.2 Å². The lowest BCUT2D eigenvalue weighted by Gasteiger charge is -2.12. The topological polar surface area (TPSA) is 55.4 Å². The quantitative estimate of drug-likeness (QED) is 0.816. The Balaban J connectivity index is 1.95. The molecule has 0 heterocycles. The largest absolute Gasteiger partial charge is 0.452 e. The third-order valence-corrected chi connectivity index (χ3v) is 3.63. The Hall–Kier alpha value is -2.21. The molecule has 6 heteroatoms. The summed E-state index contributed by atoms with van der Waals surface area (Å²) in [5, 5.41) is 2.72. The van der Waals surface area contributed by atoms with Crippen LogP contribution in [0.25, 0.3) is 0 Å². The highest BCUT2D eigenvalue weighted by atomic mass is 79.9. The molecule has 120 valence electrons. The van der Waals surface area contributed by atoms with E-state index in [-0.39, 0.29) is 5.56 Å². The Morgan fingerprint density at radius 2 is 1.70 bits per heavy atom. The molecule has 1 N–H and O–H groups in total. The predicted molar refractivity (Wildman–Crippen MR) is 88.9 cm³/mol. The summed E-state index contributed by atoms with van der Waals surface area (Å²) in [5.74, 6) is -1.56. The Morgan fingerprint density at radius 3 is 2.26 bits per heavy atom. The summed E-state index contributed by atoms with van der Waals surface area (Å²) in [6.07, 6.45) is 0. The summed E-state index contributed by atoms with van der Waals surface area (Å²) >= 11 is 3.39. The van der Waals surface area contributed by atoms with Crippen molar-refractivity contribution in [1.82, 2.24) is 0 Å². The molecule has 4 nitrogen and oxygen atoms in total. The molecule has 2 aromatic carbocycles. The minimum Gasteiger partial charge on any atom is -0.452 e. The van der Waals surface area contributed by atoms with Crippen LogP contribution in [0.5, 0.6) is 0 Å². The number of carbonyl (C=O) groups is 2.